The van der Waals surface area contributed by atoms with Gasteiger partial charge in [0.25, 0.3) is 5.91 Å². The largest absolute Gasteiger partial charge is 0.416 e. The Hall–Kier alpha value is -2.46. The number of carbonyl (C=O) groups excluding carboxylic acids is 2. The average Bonchev–Trinajstić information content (AvgIpc) is 3.01. The Morgan fingerprint density at radius 3 is 2.44 bits per heavy atom. The number of hydrogen-bond donors (Lipinski definition) is 2. The second-order valence-electron chi connectivity index (χ2n) is 5.53. The lowest BCUT2D eigenvalue weighted by atomic mass is 10.1. The Bertz CT molecular complexity index is 804. The van der Waals surface area contributed by atoms with E-state index in [-0.39, 0.29) is 12.5 Å². The third-order valence-electron chi connectivity index (χ3n) is 3.50. The Balaban J connectivity index is 2.03. The van der Waals surface area contributed by atoms with E-state index in [1.807, 2.05) is 0 Å². The van der Waals surface area contributed by atoms with Crippen molar-refractivity contribution >= 4 is 23.2 Å². The second kappa shape index (κ2) is 8.96. The smallest absolute Gasteiger partial charge is 0.383 e. The number of aryl methyl sites for hydroxylation is 1. The van der Waals surface area contributed by atoms with Gasteiger partial charge in [-0.15, -0.1) is 11.3 Å². The standard InChI is InChI=1S/C17H18F3N3O3S/c1-10-14(15(25)22-9-13(24)21-7-8-26-2)27-16(23-10)11-3-5-12(6-4-11)17(18,19)20/h3-6H,7-9H2,1-2H3,(H,21,24)(H,22,25). The fraction of sp³-hybridized carbons (Fsp3) is 0.353. The van der Waals surface area contributed by atoms with Crippen molar-refractivity contribution in [3.05, 3.63) is 40.4 Å². The van der Waals surface area contributed by atoms with E-state index in [4.69, 9.17) is 4.74 Å². The lowest BCUT2D eigenvalue weighted by Crippen LogP contribution is -2.38. The fourth-order valence-corrected chi connectivity index (χ4v) is 3.12. The van der Waals surface area contributed by atoms with Crippen molar-refractivity contribution in [2.24, 2.45) is 0 Å². The minimum absolute atomic E-state index is 0.199. The molecule has 0 fully saturated rings. The molecule has 2 aromatic rings. The molecule has 0 atom stereocenters. The molecule has 1 aromatic carbocycles. The van der Waals surface area contributed by atoms with Crippen molar-refractivity contribution in [1.29, 1.82) is 0 Å². The third-order valence-corrected chi connectivity index (χ3v) is 4.71. The van der Waals surface area contributed by atoms with Gasteiger partial charge in [-0.25, -0.2) is 4.98 Å². The molecule has 146 valence electrons. The van der Waals surface area contributed by atoms with Gasteiger partial charge in [0.15, 0.2) is 0 Å². The van der Waals surface area contributed by atoms with Gasteiger partial charge in [0.05, 0.1) is 24.4 Å². The summed E-state index contributed by atoms with van der Waals surface area (Å²) in [5.41, 5.74) is 0.164. The summed E-state index contributed by atoms with van der Waals surface area (Å²) in [5, 5.41) is 5.49. The quantitative estimate of drug-likeness (QED) is 0.699. The molecule has 27 heavy (non-hydrogen) atoms. The number of carbonyl (C=O) groups is 2. The lowest BCUT2D eigenvalue weighted by molar-refractivity contribution is -0.137. The summed E-state index contributed by atoms with van der Waals surface area (Å²) in [6, 6.07) is 4.56. The number of benzene rings is 1. The van der Waals surface area contributed by atoms with Crippen LogP contribution in [0, 0.1) is 6.92 Å². The summed E-state index contributed by atoms with van der Waals surface area (Å²) in [4.78, 5) is 28.4. The molecule has 10 heteroatoms. The Morgan fingerprint density at radius 1 is 1.19 bits per heavy atom. The molecule has 2 amide bonds. The molecule has 1 heterocycles. The van der Waals surface area contributed by atoms with Crippen LogP contribution >= 0.6 is 11.3 Å². The maximum atomic E-state index is 12.6. The first-order valence-corrected chi connectivity index (χ1v) is 8.73. The molecule has 0 unspecified atom stereocenters. The molecular formula is C17H18F3N3O3S. The van der Waals surface area contributed by atoms with Crippen LogP contribution in [0.4, 0.5) is 13.2 Å². The number of thiazole rings is 1. The average molecular weight is 401 g/mol. The van der Waals surface area contributed by atoms with E-state index in [0.717, 1.165) is 23.5 Å². The second-order valence-corrected chi connectivity index (χ2v) is 6.53. The van der Waals surface area contributed by atoms with Gasteiger partial charge in [-0.2, -0.15) is 13.2 Å². The first-order chi connectivity index (χ1) is 12.7. The number of ether oxygens (including phenoxy) is 1. The molecule has 0 radical (unpaired) electrons. The van der Waals surface area contributed by atoms with E-state index in [1.165, 1.54) is 19.2 Å². The van der Waals surface area contributed by atoms with Crippen molar-refractivity contribution in [2.45, 2.75) is 13.1 Å². The topological polar surface area (TPSA) is 80.3 Å². The van der Waals surface area contributed by atoms with Crippen LogP contribution < -0.4 is 10.6 Å². The number of methoxy groups -OCH3 is 1. The Kier molecular flexibility index (Phi) is 6.92. The van der Waals surface area contributed by atoms with Gasteiger partial charge in [-0.05, 0) is 19.1 Å². The summed E-state index contributed by atoms with van der Waals surface area (Å²) in [6.45, 7) is 2.13. The molecule has 0 saturated carbocycles. The maximum Gasteiger partial charge on any atom is 0.416 e. The molecule has 1 aromatic heterocycles. The molecule has 0 aliphatic heterocycles. The molecule has 0 spiro atoms. The minimum atomic E-state index is -4.41. The van der Waals surface area contributed by atoms with Gasteiger partial charge in [-0.3, -0.25) is 9.59 Å². The van der Waals surface area contributed by atoms with Crippen molar-refractivity contribution in [3.8, 4) is 10.6 Å². The fourth-order valence-electron chi connectivity index (χ4n) is 2.13. The molecule has 2 N–H and O–H groups in total. The van der Waals surface area contributed by atoms with Crippen LogP contribution in [0.15, 0.2) is 24.3 Å². The first-order valence-electron chi connectivity index (χ1n) is 7.91. The van der Waals surface area contributed by atoms with Crippen molar-refractivity contribution in [3.63, 3.8) is 0 Å². The zero-order chi connectivity index (χ0) is 20.0. The van der Waals surface area contributed by atoms with Crippen LogP contribution in [0.3, 0.4) is 0 Å². The van der Waals surface area contributed by atoms with Crippen LogP contribution in [0.2, 0.25) is 0 Å². The molecule has 2 rings (SSSR count). The van der Waals surface area contributed by atoms with Gasteiger partial charge in [0, 0.05) is 19.2 Å². The predicted molar refractivity (Wildman–Crippen MR) is 94.5 cm³/mol. The zero-order valence-corrected chi connectivity index (χ0v) is 15.5. The number of amides is 2. The zero-order valence-electron chi connectivity index (χ0n) is 14.6. The molecular weight excluding hydrogens is 383 g/mol. The summed E-state index contributed by atoms with van der Waals surface area (Å²) in [5.74, 6) is -0.824. The van der Waals surface area contributed by atoms with Crippen molar-refractivity contribution < 1.29 is 27.5 Å². The van der Waals surface area contributed by atoms with Crippen molar-refractivity contribution in [2.75, 3.05) is 26.8 Å². The number of aromatic nitrogens is 1. The SMILES string of the molecule is COCCNC(=O)CNC(=O)c1sc(-c2ccc(C(F)(F)F)cc2)nc1C. The molecule has 0 aliphatic carbocycles. The van der Waals surface area contributed by atoms with Gasteiger partial charge >= 0.3 is 6.18 Å². The molecule has 6 nitrogen and oxygen atoms in total. The Morgan fingerprint density at radius 2 is 1.85 bits per heavy atom. The number of hydrogen-bond acceptors (Lipinski definition) is 5. The molecule has 0 saturated heterocycles. The van der Waals surface area contributed by atoms with E-state index in [0.29, 0.717) is 34.3 Å². The molecule has 0 aliphatic rings. The minimum Gasteiger partial charge on any atom is -0.383 e. The Labute approximate surface area is 157 Å². The van der Waals surface area contributed by atoms with Crippen LogP contribution in [0.25, 0.3) is 10.6 Å². The van der Waals surface area contributed by atoms with Crippen LogP contribution in [-0.4, -0.2) is 43.6 Å². The lowest BCUT2D eigenvalue weighted by Gasteiger charge is -2.06. The number of nitrogens with zero attached hydrogens (tertiary/aromatic N) is 1. The number of rotatable bonds is 7. The maximum absolute atomic E-state index is 12.6. The highest BCUT2D eigenvalue weighted by molar-refractivity contribution is 7.17. The van der Waals surface area contributed by atoms with Gasteiger partial charge in [0.1, 0.15) is 9.88 Å². The van der Waals surface area contributed by atoms with E-state index in [1.54, 1.807) is 6.92 Å². The summed E-state index contributed by atoms with van der Waals surface area (Å²) < 4.78 is 42.7. The number of alkyl halides is 3. The van der Waals surface area contributed by atoms with Gasteiger partial charge < -0.3 is 15.4 Å². The summed E-state index contributed by atoms with van der Waals surface area (Å²) in [6.07, 6.45) is -4.41. The van der Waals surface area contributed by atoms with Gasteiger partial charge in [0.2, 0.25) is 5.91 Å². The van der Waals surface area contributed by atoms with E-state index >= 15 is 0 Å². The molecule has 0 bridgehead atoms. The third kappa shape index (κ3) is 5.76. The monoisotopic (exact) mass is 401 g/mol. The number of nitrogens with one attached hydrogen (secondary N) is 2. The van der Waals surface area contributed by atoms with Crippen molar-refractivity contribution in [1.82, 2.24) is 15.6 Å². The highest BCUT2D eigenvalue weighted by Crippen LogP contribution is 2.32. The first kappa shape index (κ1) is 20.8. The van der Waals surface area contributed by atoms with E-state index in [9.17, 15) is 22.8 Å². The summed E-state index contributed by atoms with van der Waals surface area (Å²) in [7, 11) is 1.51. The van der Waals surface area contributed by atoms with E-state index in [2.05, 4.69) is 15.6 Å². The summed E-state index contributed by atoms with van der Waals surface area (Å²) >= 11 is 1.05. The number of halogens is 3. The predicted octanol–water partition coefficient (Wildman–Crippen LogP) is 2.63. The normalized spacial score (nSPS) is 11.3. The van der Waals surface area contributed by atoms with Gasteiger partial charge in [-0.1, -0.05) is 12.1 Å². The van der Waals surface area contributed by atoms with E-state index < -0.39 is 17.6 Å². The van der Waals surface area contributed by atoms with Crippen LogP contribution in [0.1, 0.15) is 20.9 Å². The highest BCUT2D eigenvalue weighted by Gasteiger charge is 2.30. The van der Waals surface area contributed by atoms with Crippen LogP contribution in [-0.2, 0) is 15.7 Å². The van der Waals surface area contributed by atoms with Crippen LogP contribution in [0.5, 0.6) is 0 Å². The highest BCUT2D eigenvalue weighted by atomic mass is 32.1.